The van der Waals surface area contributed by atoms with Crippen molar-refractivity contribution in [3.05, 3.63) is 64.6 Å². The number of hydrogen-bond donors (Lipinski definition) is 2. The van der Waals surface area contributed by atoms with E-state index in [2.05, 4.69) is 0 Å². The van der Waals surface area contributed by atoms with Crippen molar-refractivity contribution in [2.45, 2.75) is 6.10 Å². The highest BCUT2D eigenvalue weighted by atomic mass is 35.5. The molecule has 0 radical (unpaired) electrons. The number of nitrogens with two attached hydrogens (primary N) is 1. The largest absolute Gasteiger partial charge is 0.458 e. The zero-order valence-electron chi connectivity index (χ0n) is 10.3. The summed E-state index contributed by atoms with van der Waals surface area (Å²) in [6.07, 6.45) is -1.13. The van der Waals surface area contributed by atoms with E-state index in [-0.39, 0.29) is 5.56 Å². The molecule has 1 heterocycles. The first-order chi connectivity index (χ1) is 9.54. The number of halogens is 2. The molecule has 3 rings (SSSR count). The molecule has 0 aliphatic heterocycles. The first kappa shape index (κ1) is 13.0. The highest BCUT2D eigenvalue weighted by Crippen LogP contribution is 2.32. The summed E-state index contributed by atoms with van der Waals surface area (Å²) in [5, 5.41) is 11.6. The quantitative estimate of drug-likeness (QED) is 0.704. The van der Waals surface area contributed by atoms with Gasteiger partial charge in [0, 0.05) is 21.7 Å². The van der Waals surface area contributed by atoms with E-state index in [0.717, 1.165) is 5.39 Å². The maximum Gasteiger partial charge on any atom is 0.139 e. The number of aliphatic hydroxyl groups is 1. The minimum Gasteiger partial charge on any atom is -0.458 e. The first-order valence-corrected chi connectivity index (χ1v) is 6.34. The lowest BCUT2D eigenvalue weighted by Gasteiger charge is -2.10. The molecule has 20 heavy (non-hydrogen) atoms. The minimum atomic E-state index is -1.13. The third kappa shape index (κ3) is 2.24. The Kier molecular flexibility index (Phi) is 3.12. The van der Waals surface area contributed by atoms with Crippen molar-refractivity contribution in [1.29, 1.82) is 0 Å². The Morgan fingerprint density at radius 2 is 1.95 bits per heavy atom. The number of nitrogen functional groups attached to an aromatic ring is 1. The molecule has 1 aromatic heterocycles. The molecule has 3 nitrogen and oxygen atoms in total. The second-order valence-corrected chi connectivity index (χ2v) is 4.94. The standard InChI is InChI=1S/C15H11ClFNO2/c16-9-1-4-13-8(5-9)6-14(20-13)15(19)11-7-10(17)2-3-12(11)18/h1-7,15,19H,18H2. The molecule has 3 N–H and O–H groups in total. The molecule has 0 aliphatic carbocycles. The molecule has 1 unspecified atom stereocenters. The van der Waals surface area contributed by atoms with Gasteiger partial charge in [0.1, 0.15) is 23.3 Å². The Bertz CT molecular complexity index is 785. The Morgan fingerprint density at radius 3 is 2.75 bits per heavy atom. The van der Waals surface area contributed by atoms with Crippen molar-refractivity contribution in [1.82, 2.24) is 0 Å². The predicted molar refractivity (Wildman–Crippen MR) is 76.1 cm³/mol. The predicted octanol–water partition coefficient (Wildman–Crippen LogP) is 3.89. The van der Waals surface area contributed by atoms with Gasteiger partial charge in [0.2, 0.25) is 0 Å². The SMILES string of the molecule is Nc1ccc(F)cc1C(O)c1cc2cc(Cl)ccc2o1. The van der Waals surface area contributed by atoms with Crippen LogP contribution in [0, 0.1) is 5.82 Å². The van der Waals surface area contributed by atoms with Gasteiger partial charge in [-0.05, 0) is 42.5 Å². The van der Waals surface area contributed by atoms with Crippen molar-refractivity contribution in [2.75, 3.05) is 5.73 Å². The van der Waals surface area contributed by atoms with Crippen LogP contribution in [0.2, 0.25) is 5.02 Å². The number of fused-ring (bicyclic) bond motifs is 1. The highest BCUT2D eigenvalue weighted by Gasteiger charge is 2.18. The number of rotatable bonds is 2. The average Bonchev–Trinajstić information content (AvgIpc) is 2.83. The van der Waals surface area contributed by atoms with Crippen LogP contribution in [0.4, 0.5) is 10.1 Å². The molecule has 2 aromatic carbocycles. The highest BCUT2D eigenvalue weighted by molar-refractivity contribution is 6.31. The molecule has 102 valence electrons. The number of anilines is 1. The molecule has 0 saturated carbocycles. The van der Waals surface area contributed by atoms with Gasteiger partial charge in [-0.15, -0.1) is 0 Å². The molecule has 3 aromatic rings. The molecule has 0 amide bonds. The van der Waals surface area contributed by atoms with E-state index in [9.17, 15) is 9.50 Å². The molecular formula is C15H11ClFNO2. The van der Waals surface area contributed by atoms with Gasteiger partial charge in [0.25, 0.3) is 0 Å². The summed E-state index contributed by atoms with van der Waals surface area (Å²) in [5.74, 6) is -0.174. The van der Waals surface area contributed by atoms with E-state index in [1.54, 1.807) is 24.3 Å². The Morgan fingerprint density at radius 1 is 1.15 bits per heavy atom. The van der Waals surface area contributed by atoms with E-state index < -0.39 is 11.9 Å². The molecule has 0 fully saturated rings. The molecule has 1 atom stereocenters. The fourth-order valence-electron chi connectivity index (χ4n) is 2.11. The van der Waals surface area contributed by atoms with Gasteiger partial charge < -0.3 is 15.3 Å². The molecule has 5 heteroatoms. The normalized spacial score (nSPS) is 12.8. The van der Waals surface area contributed by atoms with E-state index in [0.29, 0.717) is 22.1 Å². The third-order valence-electron chi connectivity index (χ3n) is 3.11. The summed E-state index contributed by atoms with van der Waals surface area (Å²) < 4.78 is 18.8. The van der Waals surface area contributed by atoms with Gasteiger partial charge in [-0.2, -0.15) is 0 Å². The fraction of sp³-hybridized carbons (Fsp3) is 0.0667. The summed E-state index contributed by atoms with van der Waals surface area (Å²) in [7, 11) is 0. The van der Waals surface area contributed by atoms with Crippen LogP contribution in [-0.2, 0) is 0 Å². The zero-order valence-corrected chi connectivity index (χ0v) is 11.1. The van der Waals surface area contributed by atoms with Crippen LogP contribution in [0.3, 0.4) is 0 Å². The van der Waals surface area contributed by atoms with Gasteiger partial charge >= 0.3 is 0 Å². The first-order valence-electron chi connectivity index (χ1n) is 5.96. The fourth-order valence-corrected chi connectivity index (χ4v) is 2.29. The van der Waals surface area contributed by atoms with Crippen molar-refractivity contribution in [3.8, 4) is 0 Å². The third-order valence-corrected chi connectivity index (χ3v) is 3.35. The van der Waals surface area contributed by atoms with E-state index in [1.165, 1.54) is 18.2 Å². The van der Waals surface area contributed by atoms with Crippen molar-refractivity contribution in [3.63, 3.8) is 0 Å². The van der Waals surface area contributed by atoms with Gasteiger partial charge in [0.05, 0.1) is 0 Å². The minimum absolute atomic E-state index is 0.273. The van der Waals surface area contributed by atoms with Gasteiger partial charge in [-0.1, -0.05) is 11.6 Å². The topological polar surface area (TPSA) is 59.4 Å². The molecule has 0 spiro atoms. The van der Waals surface area contributed by atoms with Crippen LogP contribution in [0.5, 0.6) is 0 Å². The lowest BCUT2D eigenvalue weighted by atomic mass is 10.0. The Labute approximate surface area is 119 Å². The van der Waals surface area contributed by atoms with Crippen LogP contribution in [-0.4, -0.2) is 5.11 Å². The van der Waals surface area contributed by atoms with Crippen molar-refractivity contribution in [2.24, 2.45) is 0 Å². The second-order valence-electron chi connectivity index (χ2n) is 4.51. The van der Waals surface area contributed by atoms with Crippen LogP contribution in [0.25, 0.3) is 11.0 Å². The van der Waals surface area contributed by atoms with Crippen LogP contribution in [0.15, 0.2) is 46.9 Å². The molecule has 0 bridgehead atoms. The number of furan rings is 1. The lowest BCUT2D eigenvalue weighted by Crippen LogP contribution is -2.03. The molecule has 0 aliphatic rings. The van der Waals surface area contributed by atoms with Gasteiger partial charge in [0.15, 0.2) is 0 Å². The smallest absolute Gasteiger partial charge is 0.139 e. The van der Waals surface area contributed by atoms with Crippen molar-refractivity contribution >= 4 is 28.3 Å². The van der Waals surface area contributed by atoms with E-state index in [1.807, 2.05) is 0 Å². The maximum atomic E-state index is 13.3. The Hall–Kier alpha value is -2.04. The lowest BCUT2D eigenvalue weighted by molar-refractivity contribution is 0.192. The van der Waals surface area contributed by atoms with E-state index >= 15 is 0 Å². The monoisotopic (exact) mass is 291 g/mol. The van der Waals surface area contributed by atoms with Gasteiger partial charge in [-0.25, -0.2) is 4.39 Å². The summed E-state index contributed by atoms with van der Waals surface area (Å²) >= 11 is 5.90. The molecule has 0 saturated heterocycles. The Balaban J connectivity index is 2.07. The van der Waals surface area contributed by atoms with Crippen LogP contribution >= 0.6 is 11.6 Å². The zero-order chi connectivity index (χ0) is 14.3. The number of benzene rings is 2. The summed E-state index contributed by atoms with van der Waals surface area (Å²) in [6.45, 7) is 0. The average molecular weight is 292 g/mol. The number of aliphatic hydroxyl groups excluding tert-OH is 1. The van der Waals surface area contributed by atoms with E-state index in [4.69, 9.17) is 21.8 Å². The summed E-state index contributed by atoms with van der Waals surface area (Å²) in [4.78, 5) is 0. The summed E-state index contributed by atoms with van der Waals surface area (Å²) in [6, 6.07) is 10.6. The summed E-state index contributed by atoms with van der Waals surface area (Å²) in [5.41, 5.74) is 6.93. The second kappa shape index (κ2) is 4.81. The van der Waals surface area contributed by atoms with Gasteiger partial charge in [-0.3, -0.25) is 0 Å². The molecular weight excluding hydrogens is 281 g/mol. The maximum absolute atomic E-state index is 13.3. The number of hydrogen-bond acceptors (Lipinski definition) is 3. The van der Waals surface area contributed by atoms with Crippen molar-refractivity contribution < 1.29 is 13.9 Å². The van der Waals surface area contributed by atoms with Crippen LogP contribution in [0.1, 0.15) is 17.4 Å². The van der Waals surface area contributed by atoms with Crippen LogP contribution < -0.4 is 5.73 Å².